The minimum absolute atomic E-state index is 0.0159. The van der Waals surface area contributed by atoms with Gasteiger partial charge in [0.05, 0.1) is 0 Å². The van der Waals surface area contributed by atoms with Crippen molar-refractivity contribution in [3.63, 3.8) is 0 Å². The summed E-state index contributed by atoms with van der Waals surface area (Å²) < 4.78 is 0. The molecule has 114 valence electrons. The number of piperazine rings is 1. The van der Waals surface area contributed by atoms with E-state index in [0.29, 0.717) is 6.42 Å². The Hall–Kier alpha value is -1.88. The summed E-state index contributed by atoms with van der Waals surface area (Å²) in [5.41, 5.74) is 1.05. The largest absolute Gasteiger partial charge is 0.344 e. The minimum Gasteiger partial charge on any atom is -0.344 e. The highest BCUT2D eigenvalue weighted by Crippen LogP contribution is 2.08. The zero-order valence-electron chi connectivity index (χ0n) is 12.7. The van der Waals surface area contributed by atoms with Gasteiger partial charge in [-0.05, 0) is 12.6 Å². The summed E-state index contributed by atoms with van der Waals surface area (Å²) in [5, 5.41) is 2.79. The molecule has 1 fully saturated rings. The number of likely N-dealkylation sites (N-methyl/N-ethyl adjacent to an activating group) is 1. The molecule has 2 amide bonds. The maximum atomic E-state index is 12.6. The lowest BCUT2D eigenvalue weighted by Crippen LogP contribution is -2.54. The van der Waals surface area contributed by atoms with Gasteiger partial charge in [0.2, 0.25) is 11.8 Å². The lowest BCUT2D eigenvalue weighted by atomic mass is 10.0. The molecule has 1 N–H and O–H groups in total. The van der Waals surface area contributed by atoms with Crippen molar-refractivity contribution in [3.8, 4) is 0 Å². The minimum atomic E-state index is -0.478. The van der Waals surface area contributed by atoms with Gasteiger partial charge < -0.3 is 15.1 Å². The van der Waals surface area contributed by atoms with Crippen LogP contribution >= 0.6 is 0 Å². The summed E-state index contributed by atoms with van der Waals surface area (Å²) in [6.45, 7) is 4.66. The Morgan fingerprint density at radius 1 is 1.14 bits per heavy atom. The van der Waals surface area contributed by atoms with Gasteiger partial charge in [0.1, 0.15) is 6.04 Å². The van der Waals surface area contributed by atoms with Crippen LogP contribution in [0.5, 0.6) is 0 Å². The molecule has 0 spiro atoms. The molecule has 0 radical (unpaired) electrons. The van der Waals surface area contributed by atoms with Crippen LogP contribution in [0, 0.1) is 0 Å². The summed E-state index contributed by atoms with van der Waals surface area (Å²) in [6, 6.07) is 9.31. The van der Waals surface area contributed by atoms with E-state index in [-0.39, 0.29) is 11.8 Å². The Bertz CT molecular complexity index is 482. The van der Waals surface area contributed by atoms with E-state index in [0.717, 1.165) is 31.7 Å². The fourth-order valence-electron chi connectivity index (χ4n) is 2.54. The molecule has 1 aromatic carbocycles. The van der Waals surface area contributed by atoms with Crippen LogP contribution in [0.3, 0.4) is 0 Å². The second-order valence-corrected chi connectivity index (χ2v) is 5.57. The molecule has 1 heterocycles. The fraction of sp³-hybridized carbons (Fsp3) is 0.500. The first-order chi connectivity index (χ1) is 10.1. The van der Waals surface area contributed by atoms with E-state index in [2.05, 4.69) is 17.3 Å². The number of hydrogen-bond donors (Lipinski definition) is 1. The molecule has 0 aromatic heterocycles. The van der Waals surface area contributed by atoms with Crippen molar-refractivity contribution in [3.05, 3.63) is 35.9 Å². The molecule has 1 aliphatic rings. The molecule has 1 aliphatic heterocycles. The standard InChI is InChI=1S/C16H23N3O2/c1-13(20)17-15(12-14-6-4-3-5-7-14)16(21)19-10-8-18(2)9-11-19/h3-7,15H,8-12H2,1-2H3,(H,17,20). The number of amides is 2. The Morgan fingerprint density at radius 3 is 2.33 bits per heavy atom. The molecule has 1 unspecified atom stereocenters. The van der Waals surface area contributed by atoms with Crippen LogP contribution in [0.15, 0.2) is 30.3 Å². The monoisotopic (exact) mass is 289 g/mol. The van der Waals surface area contributed by atoms with Gasteiger partial charge in [-0.3, -0.25) is 9.59 Å². The van der Waals surface area contributed by atoms with Gasteiger partial charge in [-0.2, -0.15) is 0 Å². The van der Waals surface area contributed by atoms with E-state index in [1.807, 2.05) is 35.2 Å². The summed E-state index contributed by atoms with van der Waals surface area (Å²) in [7, 11) is 2.05. The molecule has 5 nitrogen and oxygen atoms in total. The van der Waals surface area contributed by atoms with Gasteiger partial charge in [-0.1, -0.05) is 30.3 Å². The van der Waals surface area contributed by atoms with Crippen molar-refractivity contribution in [2.45, 2.75) is 19.4 Å². The summed E-state index contributed by atoms with van der Waals surface area (Å²) in [4.78, 5) is 28.1. The molecule has 5 heteroatoms. The van der Waals surface area contributed by atoms with Gasteiger partial charge in [-0.15, -0.1) is 0 Å². The average Bonchev–Trinajstić information content (AvgIpc) is 2.47. The topological polar surface area (TPSA) is 52.7 Å². The Labute approximate surface area is 125 Å². The van der Waals surface area contributed by atoms with Crippen molar-refractivity contribution in [1.29, 1.82) is 0 Å². The highest BCUT2D eigenvalue weighted by atomic mass is 16.2. The maximum absolute atomic E-state index is 12.6. The van der Waals surface area contributed by atoms with Gasteiger partial charge in [0, 0.05) is 39.5 Å². The van der Waals surface area contributed by atoms with Gasteiger partial charge in [0.25, 0.3) is 0 Å². The van der Waals surface area contributed by atoms with E-state index in [1.165, 1.54) is 6.92 Å². The van der Waals surface area contributed by atoms with E-state index in [4.69, 9.17) is 0 Å². The summed E-state index contributed by atoms with van der Waals surface area (Å²) >= 11 is 0. The summed E-state index contributed by atoms with van der Waals surface area (Å²) in [6.07, 6.45) is 0.533. The third-order valence-electron chi connectivity index (χ3n) is 3.77. The molecular formula is C16H23N3O2. The highest BCUT2D eigenvalue weighted by molar-refractivity contribution is 5.87. The van der Waals surface area contributed by atoms with Crippen LogP contribution in [-0.4, -0.2) is 60.9 Å². The van der Waals surface area contributed by atoms with E-state index in [9.17, 15) is 9.59 Å². The zero-order valence-corrected chi connectivity index (χ0v) is 12.7. The maximum Gasteiger partial charge on any atom is 0.245 e. The van der Waals surface area contributed by atoms with Gasteiger partial charge in [-0.25, -0.2) is 0 Å². The van der Waals surface area contributed by atoms with Crippen LogP contribution in [0.4, 0.5) is 0 Å². The SMILES string of the molecule is CC(=O)NC(Cc1ccccc1)C(=O)N1CCN(C)CC1. The number of carbonyl (C=O) groups excluding carboxylic acids is 2. The second-order valence-electron chi connectivity index (χ2n) is 5.57. The number of rotatable bonds is 4. The molecule has 0 bridgehead atoms. The Morgan fingerprint density at radius 2 is 1.76 bits per heavy atom. The molecule has 2 rings (SSSR count). The van der Waals surface area contributed by atoms with Crippen molar-refractivity contribution in [2.75, 3.05) is 33.2 Å². The number of benzene rings is 1. The van der Waals surface area contributed by atoms with Crippen LogP contribution in [0.2, 0.25) is 0 Å². The molecule has 1 aromatic rings. The number of carbonyl (C=O) groups is 2. The quantitative estimate of drug-likeness (QED) is 0.878. The number of nitrogens with one attached hydrogen (secondary N) is 1. The van der Waals surface area contributed by atoms with Crippen LogP contribution in [-0.2, 0) is 16.0 Å². The third-order valence-corrected chi connectivity index (χ3v) is 3.77. The van der Waals surface area contributed by atoms with Crippen molar-refractivity contribution >= 4 is 11.8 Å². The van der Waals surface area contributed by atoms with E-state index < -0.39 is 6.04 Å². The van der Waals surface area contributed by atoms with Gasteiger partial charge >= 0.3 is 0 Å². The van der Waals surface area contributed by atoms with Crippen LogP contribution in [0.25, 0.3) is 0 Å². The molecule has 21 heavy (non-hydrogen) atoms. The Kier molecular flexibility index (Phi) is 5.33. The fourth-order valence-corrected chi connectivity index (χ4v) is 2.54. The second kappa shape index (κ2) is 7.22. The van der Waals surface area contributed by atoms with E-state index >= 15 is 0 Å². The third kappa shape index (κ3) is 4.56. The molecule has 0 aliphatic carbocycles. The van der Waals surface area contributed by atoms with Crippen molar-refractivity contribution in [2.24, 2.45) is 0 Å². The smallest absolute Gasteiger partial charge is 0.245 e. The molecule has 1 atom stereocenters. The predicted molar refractivity (Wildman–Crippen MR) is 81.8 cm³/mol. The lowest BCUT2D eigenvalue weighted by molar-refractivity contribution is -0.137. The lowest BCUT2D eigenvalue weighted by Gasteiger charge is -2.34. The first kappa shape index (κ1) is 15.5. The number of nitrogens with zero attached hydrogens (tertiary/aromatic N) is 2. The van der Waals surface area contributed by atoms with Crippen LogP contribution in [0.1, 0.15) is 12.5 Å². The van der Waals surface area contributed by atoms with E-state index in [1.54, 1.807) is 0 Å². The first-order valence-corrected chi connectivity index (χ1v) is 7.34. The number of hydrogen-bond acceptors (Lipinski definition) is 3. The zero-order chi connectivity index (χ0) is 15.2. The first-order valence-electron chi connectivity index (χ1n) is 7.34. The van der Waals surface area contributed by atoms with Crippen molar-refractivity contribution in [1.82, 2.24) is 15.1 Å². The highest BCUT2D eigenvalue weighted by Gasteiger charge is 2.27. The molecule has 0 saturated carbocycles. The molecular weight excluding hydrogens is 266 g/mol. The average molecular weight is 289 g/mol. The predicted octanol–water partition coefficient (Wildman–Crippen LogP) is 0.508. The van der Waals surface area contributed by atoms with Gasteiger partial charge in [0.15, 0.2) is 0 Å². The molecule has 1 saturated heterocycles. The van der Waals surface area contributed by atoms with Crippen molar-refractivity contribution < 1.29 is 9.59 Å². The van der Waals surface area contributed by atoms with Crippen LogP contribution < -0.4 is 5.32 Å². The Balaban J connectivity index is 2.04. The summed E-state index contributed by atoms with van der Waals surface area (Å²) in [5.74, 6) is -0.152. The normalized spacial score (nSPS) is 17.3.